The smallest absolute Gasteiger partial charge is 0.306 e. The summed E-state index contributed by atoms with van der Waals surface area (Å²) in [4.78, 5) is 36.8. The fourth-order valence-corrected chi connectivity index (χ4v) is 2.20. The molecule has 0 aliphatic rings. The summed E-state index contributed by atoms with van der Waals surface area (Å²) in [5.41, 5.74) is 1.88. The summed E-state index contributed by atoms with van der Waals surface area (Å²) < 4.78 is 4.49. The van der Waals surface area contributed by atoms with Gasteiger partial charge in [-0.25, -0.2) is 0 Å². The second-order valence-electron chi connectivity index (χ2n) is 5.40. The normalized spacial score (nSPS) is 10.0. The molecular formula is C19H20N2O4. The molecule has 25 heavy (non-hydrogen) atoms. The van der Waals surface area contributed by atoms with E-state index in [-0.39, 0.29) is 24.7 Å². The van der Waals surface area contributed by atoms with Crippen LogP contribution in [0.1, 0.15) is 23.2 Å². The van der Waals surface area contributed by atoms with Gasteiger partial charge < -0.3 is 15.0 Å². The highest BCUT2D eigenvalue weighted by Gasteiger charge is 2.13. The van der Waals surface area contributed by atoms with Crippen LogP contribution in [0.4, 0.5) is 11.4 Å². The van der Waals surface area contributed by atoms with E-state index in [9.17, 15) is 14.4 Å². The number of carbonyl (C=O) groups is 3. The van der Waals surface area contributed by atoms with Gasteiger partial charge in [0.05, 0.1) is 13.5 Å². The van der Waals surface area contributed by atoms with Gasteiger partial charge in [-0.3, -0.25) is 14.4 Å². The maximum absolute atomic E-state index is 12.5. The number of anilines is 2. The van der Waals surface area contributed by atoms with Crippen LogP contribution in [0.5, 0.6) is 0 Å². The minimum absolute atomic E-state index is 0.0285. The summed E-state index contributed by atoms with van der Waals surface area (Å²) in [6.45, 7) is 0. The molecule has 0 radical (unpaired) electrons. The van der Waals surface area contributed by atoms with E-state index in [1.165, 1.54) is 7.11 Å². The molecule has 2 aromatic rings. The lowest BCUT2D eigenvalue weighted by molar-refractivity contribution is -0.141. The molecule has 0 saturated carbocycles. The fraction of sp³-hybridized carbons (Fsp3) is 0.211. The molecule has 1 N–H and O–H groups in total. The molecular weight excluding hydrogens is 320 g/mol. The van der Waals surface area contributed by atoms with E-state index in [0.29, 0.717) is 11.3 Å². The predicted molar refractivity (Wildman–Crippen MR) is 95.5 cm³/mol. The third-order valence-corrected chi connectivity index (χ3v) is 3.65. The molecule has 0 aliphatic heterocycles. The van der Waals surface area contributed by atoms with Crippen molar-refractivity contribution in [3.05, 3.63) is 60.2 Å². The molecule has 0 atom stereocenters. The first-order valence-electron chi connectivity index (χ1n) is 7.81. The zero-order chi connectivity index (χ0) is 18.2. The number of hydrogen-bond acceptors (Lipinski definition) is 4. The zero-order valence-corrected chi connectivity index (χ0v) is 14.2. The number of nitrogens with zero attached hydrogens (tertiary/aromatic N) is 1. The topological polar surface area (TPSA) is 75.7 Å². The second kappa shape index (κ2) is 8.63. The van der Waals surface area contributed by atoms with E-state index in [2.05, 4.69) is 10.1 Å². The van der Waals surface area contributed by atoms with Crippen molar-refractivity contribution in [2.24, 2.45) is 0 Å². The Bertz CT molecular complexity index is 742. The Morgan fingerprint density at radius 1 is 0.960 bits per heavy atom. The van der Waals surface area contributed by atoms with Gasteiger partial charge in [-0.05, 0) is 36.4 Å². The van der Waals surface area contributed by atoms with Crippen LogP contribution in [-0.2, 0) is 14.3 Å². The van der Waals surface area contributed by atoms with Crippen LogP contribution in [0.25, 0.3) is 0 Å². The molecule has 0 heterocycles. The van der Waals surface area contributed by atoms with Crippen molar-refractivity contribution in [1.29, 1.82) is 0 Å². The van der Waals surface area contributed by atoms with Crippen molar-refractivity contribution < 1.29 is 19.1 Å². The molecule has 0 fully saturated rings. The number of ether oxygens (including phenoxy) is 1. The molecule has 2 aromatic carbocycles. The predicted octanol–water partition coefficient (Wildman–Crippen LogP) is 2.85. The summed E-state index contributed by atoms with van der Waals surface area (Å²) >= 11 is 0. The maximum Gasteiger partial charge on any atom is 0.306 e. The third-order valence-electron chi connectivity index (χ3n) is 3.65. The average molecular weight is 340 g/mol. The van der Waals surface area contributed by atoms with Crippen molar-refractivity contribution in [1.82, 2.24) is 0 Å². The van der Waals surface area contributed by atoms with E-state index >= 15 is 0 Å². The molecule has 0 bridgehead atoms. The van der Waals surface area contributed by atoms with Crippen molar-refractivity contribution in [3.8, 4) is 0 Å². The Morgan fingerprint density at radius 3 is 2.20 bits per heavy atom. The van der Waals surface area contributed by atoms with Crippen LogP contribution < -0.4 is 10.2 Å². The van der Waals surface area contributed by atoms with Gasteiger partial charge in [0.2, 0.25) is 5.91 Å². The minimum Gasteiger partial charge on any atom is -0.469 e. The van der Waals surface area contributed by atoms with Crippen LogP contribution in [0, 0.1) is 0 Å². The first-order chi connectivity index (χ1) is 12.0. The number of carbonyl (C=O) groups excluding carboxylic acids is 3. The number of benzene rings is 2. The number of nitrogens with one attached hydrogen (secondary N) is 1. The number of hydrogen-bond donors (Lipinski definition) is 1. The second-order valence-corrected chi connectivity index (χ2v) is 5.40. The lowest BCUT2D eigenvalue weighted by Gasteiger charge is -2.17. The number of esters is 1. The summed E-state index contributed by atoms with van der Waals surface area (Å²) in [7, 11) is 2.99. The van der Waals surface area contributed by atoms with Gasteiger partial charge in [0, 0.05) is 30.4 Å². The summed E-state index contributed by atoms with van der Waals surface area (Å²) in [6, 6.07) is 15.9. The molecule has 0 aliphatic carbocycles. The van der Waals surface area contributed by atoms with Crippen molar-refractivity contribution in [2.75, 3.05) is 24.4 Å². The quantitative estimate of drug-likeness (QED) is 0.821. The van der Waals surface area contributed by atoms with E-state index in [1.807, 2.05) is 30.3 Å². The summed E-state index contributed by atoms with van der Waals surface area (Å²) in [5, 5.41) is 2.68. The Labute approximate surface area is 146 Å². The van der Waals surface area contributed by atoms with Gasteiger partial charge in [0.25, 0.3) is 5.91 Å². The molecule has 0 saturated heterocycles. The molecule has 6 nitrogen and oxygen atoms in total. The minimum atomic E-state index is -0.431. The number of rotatable bonds is 6. The summed E-state index contributed by atoms with van der Waals surface area (Å²) in [6.07, 6.45) is 0.0743. The van der Waals surface area contributed by atoms with E-state index < -0.39 is 5.97 Å². The maximum atomic E-state index is 12.5. The van der Waals surface area contributed by atoms with Gasteiger partial charge in [0.1, 0.15) is 0 Å². The van der Waals surface area contributed by atoms with E-state index in [1.54, 1.807) is 36.2 Å². The zero-order valence-electron chi connectivity index (χ0n) is 14.2. The van der Waals surface area contributed by atoms with Crippen molar-refractivity contribution in [2.45, 2.75) is 12.8 Å². The Hall–Kier alpha value is -3.15. The van der Waals surface area contributed by atoms with Crippen LogP contribution in [0.3, 0.4) is 0 Å². The van der Waals surface area contributed by atoms with Crippen LogP contribution >= 0.6 is 0 Å². The highest BCUT2D eigenvalue weighted by molar-refractivity contribution is 6.06. The third kappa shape index (κ3) is 5.17. The highest BCUT2D eigenvalue weighted by atomic mass is 16.5. The molecule has 0 unspecified atom stereocenters. The molecule has 0 aromatic heterocycles. The molecule has 2 amide bonds. The Balaban J connectivity index is 1.96. The van der Waals surface area contributed by atoms with Crippen LogP contribution in [0.15, 0.2) is 54.6 Å². The first kappa shape index (κ1) is 18.2. The lowest BCUT2D eigenvalue weighted by atomic mass is 10.1. The van der Waals surface area contributed by atoms with Gasteiger partial charge in [-0.15, -0.1) is 0 Å². The summed E-state index contributed by atoms with van der Waals surface area (Å²) in [5.74, 6) is -0.860. The largest absolute Gasteiger partial charge is 0.469 e. The number of methoxy groups -OCH3 is 1. The Morgan fingerprint density at radius 2 is 1.60 bits per heavy atom. The lowest BCUT2D eigenvalue weighted by Crippen LogP contribution is -2.26. The Kier molecular flexibility index (Phi) is 6.28. The monoisotopic (exact) mass is 340 g/mol. The molecule has 2 rings (SSSR count). The van der Waals surface area contributed by atoms with Crippen LogP contribution in [-0.4, -0.2) is 31.9 Å². The average Bonchev–Trinajstić information content (AvgIpc) is 2.66. The van der Waals surface area contributed by atoms with Gasteiger partial charge >= 0.3 is 5.97 Å². The van der Waals surface area contributed by atoms with Crippen LogP contribution in [0.2, 0.25) is 0 Å². The van der Waals surface area contributed by atoms with E-state index in [0.717, 1.165) is 5.69 Å². The molecule has 0 spiro atoms. The van der Waals surface area contributed by atoms with Gasteiger partial charge in [0.15, 0.2) is 0 Å². The standard InChI is InChI=1S/C19H20N2O4/c1-21(16-6-4-3-5-7-16)19(24)14-8-10-15(11-9-14)20-17(22)12-13-18(23)25-2/h3-11H,12-13H2,1-2H3,(H,20,22). The fourth-order valence-electron chi connectivity index (χ4n) is 2.20. The molecule has 130 valence electrons. The van der Waals surface area contributed by atoms with Crippen molar-refractivity contribution >= 4 is 29.2 Å². The highest BCUT2D eigenvalue weighted by Crippen LogP contribution is 2.16. The van der Waals surface area contributed by atoms with Gasteiger partial charge in [-0.2, -0.15) is 0 Å². The SMILES string of the molecule is COC(=O)CCC(=O)Nc1ccc(C(=O)N(C)c2ccccc2)cc1. The number of para-hydroxylation sites is 1. The molecule has 6 heteroatoms. The van der Waals surface area contributed by atoms with Gasteiger partial charge in [-0.1, -0.05) is 18.2 Å². The van der Waals surface area contributed by atoms with Crippen molar-refractivity contribution in [3.63, 3.8) is 0 Å². The number of amides is 2. The van der Waals surface area contributed by atoms with E-state index in [4.69, 9.17) is 0 Å². The first-order valence-corrected chi connectivity index (χ1v) is 7.81.